The molecule has 0 saturated heterocycles. The maximum absolute atomic E-state index is 11.5. The Bertz CT molecular complexity index is 432. The molecule has 1 rings (SSSR count). The van der Waals surface area contributed by atoms with Gasteiger partial charge in [0, 0.05) is 18.7 Å². The van der Waals surface area contributed by atoms with Crippen LogP contribution in [-0.4, -0.2) is 28.0 Å². The number of carboxylic acids is 1. The van der Waals surface area contributed by atoms with E-state index in [1.807, 2.05) is 6.92 Å². The zero-order valence-corrected chi connectivity index (χ0v) is 10.2. The molecule has 6 nitrogen and oxygen atoms in total. The second-order valence-electron chi connectivity index (χ2n) is 4.19. The van der Waals surface area contributed by atoms with E-state index in [1.165, 1.54) is 18.5 Å². The van der Waals surface area contributed by atoms with E-state index < -0.39 is 5.97 Å². The molecule has 1 unspecified atom stereocenters. The van der Waals surface area contributed by atoms with Crippen LogP contribution >= 0.6 is 0 Å². The molecule has 0 spiro atoms. The molecule has 0 bridgehead atoms. The van der Waals surface area contributed by atoms with E-state index in [-0.39, 0.29) is 17.5 Å². The summed E-state index contributed by atoms with van der Waals surface area (Å²) in [6.07, 6.45) is 4.49. The number of nitrogens with zero attached hydrogens (tertiary/aromatic N) is 1. The summed E-state index contributed by atoms with van der Waals surface area (Å²) in [5, 5.41) is 11.4. The fraction of sp³-hybridized carbons (Fsp3) is 0.417. The first kappa shape index (κ1) is 14.1. The van der Waals surface area contributed by atoms with Gasteiger partial charge in [-0.25, -0.2) is 4.79 Å². The molecular formula is C12H17N3O3. The van der Waals surface area contributed by atoms with Crippen LogP contribution in [0.1, 0.15) is 36.5 Å². The van der Waals surface area contributed by atoms with Crippen molar-refractivity contribution in [3.63, 3.8) is 0 Å². The van der Waals surface area contributed by atoms with Crippen LogP contribution in [0.15, 0.2) is 18.5 Å². The first-order valence-corrected chi connectivity index (χ1v) is 5.73. The van der Waals surface area contributed by atoms with Crippen LogP contribution in [0.3, 0.4) is 0 Å². The van der Waals surface area contributed by atoms with Gasteiger partial charge in [0.2, 0.25) is 5.91 Å². The summed E-state index contributed by atoms with van der Waals surface area (Å²) in [5.74, 6) is -1.24. The van der Waals surface area contributed by atoms with Crippen LogP contribution in [0.25, 0.3) is 0 Å². The number of aromatic nitrogens is 1. The standard InChI is InChI=1S/C12H17N3O3/c1-8(13)3-2-4-11(16)15-10-5-9(12(17)18)6-14-7-10/h5-8H,2-4,13H2,1H3,(H,15,16)(H,17,18). The Hall–Kier alpha value is -1.95. The Morgan fingerprint density at radius 3 is 2.83 bits per heavy atom. The molecule has 1 atom stereocenters. The molecular weight excluding hydrogens is 234 g/mol. The van der Waals surface area contributed by atoms with E-state index >= 15 is 0 Å². The van der Waals surface area contributed by atoms with Crippen molar-refractivity contribution < 1.29 is 14.7 Å². The molecule has 0 fully saturated rings. The van der Waals surface area contributed by atoms with Gasteiger partial charge < -0.3 is 16.2 Å². The molecule has 98 valence electrons. The van der Waals surface area contributed by atoms with Crippen molar-refractivity contribution in [2.24, 2.45) is 5.73 Å². The monoisotopic (exact) mass is 251 g/mol. The third kappa shape index (κ3) is 4.92. The molecule has 1 amide bonds. The predicted molar refractivity (Wildman–Crippen MR) is 67.3 cm³/mol. The van der Waals surface area contributed by atoms with Crippen molar-refractivity contribution in [3.05, 3.63) is 24.0 Å². The molecule has 0 aliphatic carbocycles. The summed E-state index contributed by atoms with van der Waals surface area (Å²) < 4.78 is 0. The smallest absolute Gasteiger partial charge is 0.337 e. The van der Waals surface area contributed by atoms with Gasteiger partial charge in [-0.05, 0) is 25.8 Å². The van der Waals surface area contributed by atoms with Gasteiger partial charge in [0.1, 0.15) is 0 Å². The summed E-state index contributed by atoms with van der Waals surface area (Å²) in [6.45, 7) is 1.89. The van der Waals surface area contributed by atoms with Crippen LogP contribution in [0.4, 0.5) is 5.69 Å². The van der Waals surface area contributed by atoms with E-state index in [9.17, 15) is 9.59 Å². The molecule has 0 saturated carbocycles. The third-order valence-corrected chi connectivity index (χ3v) is 2.33. The van der Waals surface area contributed by atoms with Crippen LogP contribution in [0.2, 0.25) is 0 Å². The SMILES string of the molecule is CC(N)CCCC(=O)Nc1cncc(C(=O)O)c1. The highest BCUT2D eigenvalue weighted by atomic mass is 16.4. The molecule has 1 aromatic rings. The molecule has 1 heterocycles. The third-order valence-electron chi connectivity index (χ3n) is 2.33. The summed E-state index contributed by atoms with van der Waals surface area (Å²) in [6, 6.07) is 1.45. The highest BCUT2D eigenvalue weighted by molar-refractivity contribution is 5.93. The molecule has 18 heavy (non-hydrogen) atoms. The molecule has 0 aliphatic rings. The molecule has 0 aliphatic heterocycles. The van der Waals surface area contributed by atoms with Gasteiger partial charge in [-0.3, -0.25) is 9.78 Å². The van der Waals surface area contributed by atoms with E-state index in [0.29, 0.717) is 18.5 Å². The number of anilines is 1. The van der Waals surface area contributed by atoms with E-state index in [1.54, 1.807) is 0 Å². The van der Waals surface area contributed by atoms with Crippen molar-refractivity contribution >= 4 is 17.6 Å². The molecule has 1 aromatic heterocycles. The number of aromatic carboxylic acids is 1. The Balaban J connectivity index is 2.49. The van der Waals surface area contributed by atoms with Crippen LogP contribution in [-0.2, 0) is 4.79 Å². The van der Waals surface area contributed by atoms with Crippen LogP contribution < -0.4 is 11.1 Å². The van der Waals surface area contributed by atoms with Crippen LogP contribution in [0.5, 0.6) is 0 Å². The Morgan fingerprint density at radius 2 is 2.22 bits per heavy atom. The maximum atomic E-state index is 11.5. The molecule has 6 heteroatoms. The minimum absolute atomic E-state index is 0.0448. The predicted octanol–water partition coefficient (Wildman–Crippen LogP) is 1.24. The number of hydrogen-bond donors (Lipinski definition) is 3. The first-order valence-electron chi connectivity index (χ1n) is 5.73. The number of nitrogens with two attached hydrogens (primary N) is 1. The average molecular weight is 251 g/mol. The Morgan fingerprint density at radius 1 is 1.50 bits per heavy atom. The van der Waals surface area contributed by atoms with Gasteiger partial charge in [-0.15, -0.1) is 0 Å². The Kier molecular flexibility index (Phi) is 5.26. The first-order chi connectivity index (χ1) is 8.49. The second kappa shape index (κ2) is 6.70. The van der Waals surface area contributed by atoms with Gasteiger partial charge in [0.05, 0.1) is 17.4 Å². The van der Waals surface area contributed by atoms with Crippen molar-refractivity contribution in [2.45, 2.75) is 32.2 Å². The summed E-state index contributed by atoms with van der Waals surface area (Å²) in [4.78, 5) is 26.0. The number of pyridine rings is 1. The number of nitrogens with one attached hydrogen (secondary N) is 1. The van der Waals surface area contributed by atoms with Gasteiger partial charge in [0.15, 0.2) is 0 Å². The molecule has 0 radical (unpaired) electrons. The number of hydrogen-bond acceptors (Lipinski definition) is 4. The van der Waals surface area contributed by atoms with Crippen molar-refractivity contribution in [1.29, 1.82) is 0 Å². The fourth-order valence-corrected chi connectivity index (χ4v) is 1.43. The normalized spacial score (nSPS) is 11.9. The number of rotatable bonds is 6. The topological polar surface area (TPSA) is 105 Å². The lowest BCUT2D eigenvalue weighted by Gasteiger charge is -2.06. The lowest BCUT2D eigenvalue weighted by atomic mass is 10.1. The van der Waals surface area contributed by atoms with Crippen molar-refractivity contribution in [3.8, 4) is 0 Å². The summed E-state index contributed by atoms with van der Waals surface area (Å²) in [7, 11) is 0. The summed E-state index contributed by atoms with van der Waals surface area (Å²) in [5.41, 5.74) is 6.01. The fourth-order valence-electron chi connectivity index (χ4n) is 1.43. The maximum Gasteiger partial charge on any atom is 0.337 e. The zero-order chi connectivity index (χ0) is 13.5. The number of carbonyl (C=O) groups excluding carboxylic acids is 1. The highest BCUT2D eigenvalue weighted by Gasteiger charge is 2.07. The zero-order valence-electron chi connectivity index (χ0n) is 10.2. The highest BCUT2D eigenvalue weighted by Crippen LogP contribution is 2.09. The molecule has 4 N–H and O–H groups in total. The largest absolute Gasteiger partial charge is 0.478 e. The van der Waals surface area contributed by atoms with Gasteiger partial charge in [0.25, 0.3) is 0 Å². The summed E-state index contributed by atoms with van der Waals surface area (Å²) >= 11 is 0. The quantitative estimate of drug-likeness (QED) is 0.705. The van der Waals surface area contributed by atoms with Gasteiger partial charge >= 0.3 is 5.97 Å². The number of carboxylic acid groups (broad SMARTS) is 1. The molecule has 0 aromatic carbocycles. The van der Waals surface area contributed by atoms with E-state index in [2.05, 4.69) is 10.3 Å². The average Bonchev–Trinajstić information content (AvgIpc) is 2.28. The van der Waals surface area contributed by atoms with Crippen molar-refractivity contribution in [1.82, 2.24) is 4.98 Å². The lowest BCUT2D eigenvalue weighted by molar-refractivity contribution is -0.116. The van der Waals surface area contributed by atoms with E-state index in [0.717, 1.165) is 6.42 Å². The Labute approximate surface area is 105 Å². The van der Waals surface area contributed by atoms with Crippen LogP contribution in [0, 0.1) is 0 Å². The number of carbonyl (C=O) groups is 2. The van der Waals surface area contributed by atoms with Crippen molar-refractivity contribution in [2.75, 3.05) is 5.32 Å². The number of amides is 1. The van der Waals surface area contributed by atoms with E-state index in [4.69, 9.17) is 10.8 Å². The van der Waals surface area contributed by atoms with Gasteiger partial charge in [-0.2, -0.15) is 0 Å². The van der Waals surface area contributed by atoms with Gasteiger partial charge in [-0.1, -0.05) is 0 Å². The second-order valence-corrected chi connectivity index (χ2v) is 4.19. The minimum Gasteiger partial charge on any atom is -0.478 e. The minimum atomic E-state index is -1.07. The lowest BCUT2D eigenvalue weighted by Crippen LogP contribution is -2.17.